The zero-order valence-electron chi connectivity index (χ0n) is 18.7. The molecule has 2 aromatic rings. The van der Waals surface area contributed by atoms with Gasteiger partial charge >= 0.3 is 0 Å². The first kappa shape index (κ1) is 23.4. The van der Waals surface area contributed by atoms with Crippen LogP contribution in [0.2, 0.25) is 5.02 Å². The average Bonchev–Trinajstić information content (AvgIpc) is 2.81. The van der Waals surface area contributed by atoms with Gasteiger partial charge in [-0.2, -0.15) is 0 Å². The number of carbonyl (C=O) groups is 2. The first-order chi connectivity index (χ1) is 15.9. The molecular weight excluding hydrogens is 445 g/mol. The summed E-state index contributed by atoms with van der Waals surface area (Å²) in [5.41, 5.74) is 1.46. The van der Waals surface area contributed by atoms with Gasteiger partial charge in [0.05, 0.1) is 5.02 Å². The number of nitrogens with zero attached hydrogens (tertiary/aromatic N) is 2. The molecule has 2 amide bonds. The van der Waals surface area contributed by atoms with Gasteiger partial charge in [0.1, 0.15) is 23.7 Å². The van der Waals surface area contributed by atoms with Crippen LogP contribution in [0.25, 0.3) is 0 Å². The summed E-state index contributed by atoms with van der Waals surface area (Å²) in [6.45, 7) is 3.65. The average molecular weight is 474 g/mol. The van der Waals surface area contributed by atoms with E-state index < -0.39 is 6.04 Å². The minimum absolute atomic E-state index is 0.0131. The Morgan fingerprint density at radius 2 is 1.85 bits per heavy atom. The van der Waals surface area contributed by atoms with E-state index in [2.05, 4.69) is 10.2 Å². The van der Waals surface area contributed by atoms with Crippen LogP contribution in [0.3, 0.4) is 0 Å². The molecule has 1 atom stereocenters. The molecule has 1 N–H and O–H groups in total. The number of piperidine rings is 2. The highest BCUT2D eigenvalue weighted by atomic mass is 35.5. The van der Waals surface area contributed by atoms with Crippen molar-refractivity contribution in [3.63, 3.8) is 0 Å². The smallest absolute Gasteiger partial charge is 0.247 e. The Bertz CT molecular complexity index is 1010. The van der Waals surface area contributed by atoms with Gasteiger partial charge in [0.25, 0.3) is 0 Å². The predicted molar refractivity (Wildman–Crippen MR) is 127 cm³/mol. The molecule has 0 bridgehead atoms. The number of anilines is 2. The number of ether oxygens (including phenoxy) is 1. The van der Waals surface area contributed by atoms with E-state index in [0.29, 0.717) is 29.4 Å². The van der Waals surface area contributed by atoms with Gasteiger partial charge < -0.3 is 19.9 Å². The molecule has 0 radical (unpaired) electrons. The normalized spacial score (nSPS) is 19.3. The van der Waals surface area contributed by atoms with E-state index >= 15 is 0 Å². The molecule has 0 spiro atoms. The highest BCUT2D eigenvalue weighted by Gasteiger charge is 2.30. The SMILES string of the molecule is CC(=O)N1CCCCC1C(=O)Nc1ccc(OC2CCN(c3cccc(F)c3)CC2)c(Cl)c1. The lowest BCUT2D eigenvalue weighted by Crippen LogP contribution is -2.49. The largest absolute Gasteiger partial charge is 0.489 e. The van der Waals surface area contributed by atoms with E-state index in [4.69, 9.17) is 16.3 Å². The monoisotopic (exact) mass is 473 g/mol. The van der Waals surface area contributed by atoms with Crippen molar-refractivity contribution in [3.05, 3.63) is 53.3 Å². The molecule has 0 aromatic heterocycles. The van der Waals surface area contributed by atoms with E-state index in [1.54, 1.807) is 35.2 Å². The molecule has 176 valence electrons. The van der Waals surface area contributed by atoms with E-state index in [1.807, 2.05) is 6.07 Å². The van der Waals surface area contributed by atoms with Crippen LogP contribution >= 0.6 is 11.6 Å². The van der Waals surface area contributed by atoms with Crippen LogP contribution in [0.4, 0.5) is 15.8 Å². The Hall–Kier alpha value is -2.80. The summed E-state index contributed by atoms with van der Waals surface area (Å²) in [5, 5.41) is 3.31. The maximum absolute atomic E-state index is 13.5. The highest BCUT2D eigenvalue weighted by Crippen LogP contribution is 2.31. The Morgan fingerprint density at radius 3 is 2.55 bits per heavy atom. The minimum atomic E-state index is -0.450. The number of amides is 2. The van der Waals surface area contributed by atoms with Crippen LogP contribution in [0.15, 0.2) is 42.5 Å². The Labute approximate surface area is 198 Å². The van der Waals surface area contributed by atoms with Crippen molar-refractivity contribution in [1.82, 2.24) is 4.90 Å². The summed E-state index contributed by atoms with van der Waals surface area (Å²) in [5.74, 6) is 0.0589. The fourth-order valence-electron chi connectivity index (χ4n) is 4.57. The quantitative estimate of drug-likeness (QED) is 0.673. The Morgan fingerprint density at radius 1 is 1.06 bits per heavy atom. The fraction of sp³-hybridized carbons (Fsp3) is 0.440. The Balaban J connectivity index is 1.32. The lowest BCUT2D eigenvalue weighted by molar-refractivity contribution is -0.138. The molecule has 2 heterocycles. The van der Waals surface area contributed by atoms with Gasteiger partial charge in [-0.15, -0.1) is 0 Å². The number of hydrogen-bond acceptors (Lipinski definition) is 4. The van der Waals surface area contributed by atoms with Crippen molar-refractivity contribution in [2.45, 2.75) is 51.2 Å². The molecule has 2 saturated heterocycles. The van der Waals surface area contributed by atoms with Crippen molar-refractivity contribution in [1.29, 1.82) is 0 Å². The second-order valence-electron chi connectivity index (χ2n) is 8.64. The van der Waals surface area contributed by atoms with Crippen molar-refractivity contribution in [3.8, 4) is 5.75 Å². The molecule has 33 heavy (non-hydrogen) atoms. The number of benzene rings is 2. The molecule has 2 fully saturated rings. The number of carbonyl (C=O) groups excluding carboxylic acids is 2. The molecule has 1 unspecified atom stereocenters. The van der Waals surface area contributed by atoms with Crippen LogP contribution < -0.4 is 15.0 Å². The zero-order chi connectivity index (χ0) is 23.4. The first-order valence-electron chi connectivity index (χ1n) is 11.5. The minimum Gasteiger partial charge on any atom is -0.489 e. The third kappa shape index (κ3) is 5.77. The fourth-order valence-corrected chi connectivity index (χ4v) is 4.79. The molecule has 2 aromatic carbocycles. The lowest BCUT2D eigenvalue weighted by Gasteiger charge is -2.34. The molecule has 0 saturated carbocycles. The van der Waals surface area contributed by atoms with Crippen molar-refractivity contribution in [2.24, 2.45) is 0 Å². The van der Waals surface area contributed by atoms with Crippen LogP contribution in [0.1, 0.15) is 39.0 Å². The molecule has 0 aliphatic carbocycles. The first-order valence-corrected chi connectivity index (χ1v) is 11.8. The summed E-state index contributed by atoms with van der Waals surface area (Å²) in [4.78, 5) is 28.4. The topological polar surface area (TPSA) is 61.9 Å². The molecule has 6 nitrogen and oxygen atoms in total. The van der Waals surface area contributed by atoms with Gasteiger partial charge in [-0.25, -0.2) is 4.39 Å². The van der Waals surface area contributed by atoms with Gasteiger partial charge in [0.2, 0.25) is 11.8 Å². The summed E-state index contributed by atoms with van der Waals surface area (Å²) in [7, 11) is 0. The number of rotatable bonds is 5. The lowest BCUT2D eigenvalue weighted by atomic mass is 10.0. The Kier molecular flexibility index (Phi) is 7.38. The second-order valence-corrected chi connectivity index (χ2v) is 9.05. The number of halogens is 2. The van der Waals surface area contributed by atoms with Crippen molar-refractivity contribution >= 4 is 34.8 Å². The highest BCUT2D eigenvalue weighted by molar-refractivity contribution is 6.32. The van der Waals surface area contributed by atoms with Crippen LogP contribution in [0, 0.1) is 5.82 Å². The summed E-state index contributed by atoms with van der Waals surface area (Å²) in [6, 6.07) is 11.4. The van der Waals surface area contributed by atoms with Gasteiger partial charge in [0.15, 0.2) is 0 Å². The van der Waals surface area contributed by atoms with Gasteiger partial charge in [-0.05, 0) is 55.7 Å². The number of hydrogen-bond donors (Lipinski definition) is 1. The third-order valence-electron chi connectivity index (χ3n) is 6.32. The van der Waals surface area contributed by atoms with Crippen molar-refractivity contribution < 1.29 is 18.7 Å². The number of nitrogens with one attached hydrogen (secondary N) is 1. The van der Waals surface area contributed by atoms with Crippen LogP contribution in [0.5, 0.6) is 5.75 Å². The maximum Gasteiger partial charge on any atom is 0.247 e. The van der Waals surface area contributed by atoms with E-state index in [-0.39, 0.29) is 23.7 Å². The standard InChI is InChI=1S/C25H29ClFN3O3/c1-17(31)30-12-3-2-7-23(30)25(32)28-19-8-9-24(22(26)16-19)33-21-10-13-29(14-11-21)20-6-4-5-18(27)15-20/h4-6,8-9,15-16,21,23H,2-3,7,10-14H2,1H3,(H,28,32). The third-order valence-corrected chi connectivity index (χ3v) is 6.61. The van der Waals surface area contributed by atoms with Crippen LogP contribution in [-0.2, 0) is 9.59 Å². The molecule has 2 aliphatic rings. The molecule has 4 rings (SSSR count). The molecule has 8 heteroatoms. The number of likely N-dealkylation sites (tertiary alicyclic amines) is 1. The van der Waals surface area contributed by atoms with Gasteiger partial charge in [-0.1, -0.05) is 17.7 Å². The van der Waals surface area contributed by atoms with E-state index in [1.165, 1.54) is 13.0 Å². The zero-order valence-corrected chi connectivity index (χ0v) is 19.5. The molecule has 2 aliphatic heterocycles. The van der Waals surface area contributed by atoms with E-state index in [9.17, 15) is 14.0 Å². The predicted octanol–water partition coefficient (Wildman–Crippen LogP) is 4.87. The summed E-state index contributed by atoms with van der Waals surface area (Å²) >= 11 is 6.45. The van der Waals surface area contributed by atoms with Gasteiger partial charge in [0, 0.05) is 50.8 Å². The second kappa shape index (κ2) is 10.4. The summed E-state index contributed by atoms with van der Waals surface area (Å²) < 4.78 is 19.6. The van der Waals surface area contributed by atoms with Crippen LogP contribution in [-0.4, -0.2) is 48.5 Å². The summed E-state index contributed by atoms with van der Waals surface area (Å²) in [6.07, 6.45) is 4.12. The maximum atomic E-state index is 13.5. The van der Waals surface area contributed by atoms with Crippen molar-refractivity contribution in [2.75, 3.05) is 29.9 Å². The van der Waals surface area contributed by atoms with E-state index in [0.717, 1.165) is 44.5 Å². The molecular formula is C25H29ClFN3O3. The van der Waals surface area contributed by atoms with Gasteiger partial charge in [-0.3, -0.25) is 9.59 Å².